The number of rotatable bonds is 4. The van der Waals surface area contributed by atoms with Crippen LogP contribution in [0.5, 0.6) is 0 Å². The van der Waals surface area contributed by atoms with Gasteiger partial charge in [-0.05, 0) is 49.9 Å². The molecular weight excluding hydrogens is 226 g/mol. The number of hydrogen-bond donors (Lipinski definition) is 1. The Morgan fingerprint density at radius 3 is 2.50 bits per heavy atom. The molecule has 0 aromatic rings. The average Bonchev–Trinajstić information content (AvgIpc) is 2.59. The number of ether oxygens (including phenoxy) is 1. The topological polar surface area (TPSA) is 38.3 Å². The van der Waals surface area contributed by atoms with E-state index in [2.05, 4.69) is 26.1 Å². The Morgan fingerprint density at radius 1 is 1.39 bits per heavy atom. The predicted molar refractivity (Wildman–Crippen MR) is 72.2 cm³/mol. The minimum atomic E-state index is 0.0401. The summed E-state index contributed by atoms with van der Waals surface area (Å²) in [5.74, 6) is 0.803. The van der Waals surface area contributed by atoms with Crippen LogP contribution in [0.25, 0.3) is 0 Å². The van der Waals surface area contributed by atoms with Crippen LogP contribution in [0.15, 0.2) is 0 Å². The normalized spacial score (nSPS) is 37.2. The maximum absolute atomic E-state index is 11.9. The molecule has 2 rings (SSSR count). The highest BCUT2D eigenvalue weighted by Crippen LogP contribution is 2.65. The Labute approximate surface area is 111 Å². The zero-order valence-electron chi connectivity index (χ0n) is 12.4. The van der Waals surface area contributed by atoms with Gasteiger partial charge in [0.15, 0.2) is 0 Å². The van der Waals surface area contributed by atoms with Crippen LogP contribution in [0, 0.1) is 16.7 Å². The van der Waals surface area contributed by atoms with Crippen molar-refractivity contribution in [2.45, 2.75) is 66.0 Å². The SMILES string of the molecule is CC(C)OCC(=O)NC1CC2CCC1(C)C2(C)C. The molecule has 0 heterocycles. The standard InChI is InChI=1S/C15H27NO2/c1-10(2)18-9-13(17)16-12-8-11-6-7-15(12,5)14(11,3)4/h10-12H,6-9H2,1-5H3,(H,16,17). The largest absolute Gasteiger partial charge is 0.369 e. The van der Waals surface area contributed by atoms with Crippen molar-refractivity contribution in [2.75, 3.05) is 6.61 Å². The van der Waals surface area contributed by atoms with Crippen LogP contribution in [-0.4, -0.2) is 24.7 Å². The molecule has 1 N–H and O–H groups in total. The second-order valence-corrected chi connectivity index (χ2v) is 7.09. The highest BCUT2D eigenvalue weighted by Gasteiger charge is 2.61. The van der Waals surface area contributed by atoms with Gasteiger partial charge in [0.2, 0.25) is 5.91 Å². The van der Waals surface area contributed by atoms with Crippen molar-refractivity contribution >= 4 is 5.91 Å². The van der Waals surface area contributed by atoms with E-state index >= 15 is 0 Å². The van der Waals surface area contributed by atoms with Gasteiger partial charge in [-0.2, -0.15) is 0 Å². The molecule has 2 bridgehead atoms. The number of carbonyl (C=O) groups excluding carboxylic acids is 1. The smallest absolute Gasteiger partial charge is 0.246 e. The number of fused-ring (bicyclic) bond motifs is 2. The Morgan fingerprint density at radius 2 is 2.06 bits per heavy atom. The minimum absolute atomic E-state index is 0.0401. The lowest BCUT2D eigenvalue weighted by atomic mass is 9.69. The third kappa shape index (κ3) is 2.07. The minimum Gasteiger partial charge on any atom is -0.369 e. The number of hydrogen-bond acceptors (Lipinski definition) is 2. The van der Waals surface area contributed by atoms with Crippen LogP contribution in [0.2, 0.25) is 0 Å². The molecule has 0 spiro atoms. The fourth-order valence-corrected chi connectivity index (χ4v) is 3.90. The molecule has 0 aliphatic heterocycles. The molecule has 3 atom stereocenters. The zero-order valence-corrected chi connectivity index (χ0v) is 12.4. The molecule has 2 fully saturated rings. The van der Waals surface area contributed by atoms with E-state index in [9.17, 15) is 4.79 Å². The van der Waals surface area contributed by atoms with Gasteiger partial charge in [0, 0.05) is 6.04 Å². The summed E-state index contributed by atoms with van der Waals surface area (Å²) in [7, 11) is 0. The molecule has 0 aromatic carbocycles. The van der Waals surface area contributed by atoms with E-state index < -0.39 is 0 Å². The van der Waals surface area contributed by atoms with Crippen LogP contribution in [0.3, 0.4) is 0 Å². The summed E-state index contributed by atoms with van der Waals surface area (Å²) in [6, 6.07) is 0.328. The highest BCUT2D eigenvalue weighted by atomic mass is 16.5. The third-order valence-electron chi connectivity index (χ3n) is 5.68. The van der Waals surface area contributed by atoms with E-state index in [4.69, 9.17) is 4.74 Å². The first-order valence-corrected chi connectivity index (χ1v) is 7.18. The molecular formula is C15H27NO2. The lowest BCUT2D eigenvalue weighted by Gasteiger charge is -2.39. The van der Waals surface area contributed by atoms with Crippen molar-refractivity contribution in [3.63, 3.8) is 0 Å². The van der Waals surface area contributed by atoms with E-state index in [1.54, 1.807) is 0 Å². The van der Waals surface area contributed by atoms with Crippen LogP contribution in [-0.2, 0) is 9.53 Å². The molecule has 18 heavy (non-hydrogen) atoms. The molecule has 3 heteroatoms. The third-order valence-corrected chi connectivity index (χ3v) is 5.68. The molecule has 104 valence electrons. The Balaban J connectivity index is 1.94. The van der Waals surface area contributed by atoms with Crippen molar-refractivity contribution in [3.8, 4) is 0 Å². The number of amides is 1. The van der Waals surface area contributed by atoms with Gasteiger partial charge in [-0.1, -0.05) is 20.8 Å². The monoisotopic (exact) mass is 253 g/mol. The van der Waals surface area contributed by atoms with E-state index in [0.29, 0.717) is 11.5 Å². The number of carbonyl (C=O) groups is 1. The highest BCUT2D eigenvalue weighted by molar-refractivity contribution is 5.77. The van der Waals surface area contributed by atoms with E-state index in [1.165, 1.54) is 12.8 Å². The molecule has 0 radical (unpaired) electrons. The second kappa shape index (κ2) is 4.52. The maximum atomic E-state index is 11.9. The molecule has 0 saturated heterocycles. The van der Waals surface area contributed by atoms with Crippen molar-refractivity contribution in [1.29, 1.82) is 0 Å². The summed E-state index contributed by atoms with van der Waals surface area (Å²) >= 11 is 0. The van der Waals surface area contributed by atoms with Gasteiger partial charge < -0.3 is 10.1 Å². The van der Waals surface area contributed by atoms with Crippen molar-refractivity contribution < 1.29 is 9.53 Å². The first-order valence-electron chi connectivity index (χ1n) is 7.18. The number of nitrogens with one attached hydrogen (secondary N) is 1. The van der Waals surface area contributed by atoms with Gasteiger partial charge in [0.05, 0.1) is 6.10 Å². The molecule has 3 nitrogen and oxygen atoms in total. The van der Waals surface area contributed by atoms with Gasteiger partial charge >= 0.3 is 0 Å². The lowest BCUT2D eigenvalue weighted by Crippen LogP contribution is -2.48. The molecule has 2 aliphatic rings. The van der Waals surface area contributed by atoms with Crippen LogP contribution in [0.1, 0.15) is 53.9 Å². The summed E-state index contributed by atoms with van der Waals surface area (Å²) in [5, 5.41) is 3.20. The second-order valence-electron chi connectivity index (χ2n) is 7.09. The summed E-state index contributed by atoms with van der Waals surface area (Å²) in [6.45, 7) is 11.2. The van der Waals surface area contributed by atoms with Crippen molar-refractivity contribution in [3.05, 3.63) is 0 Å². The lowest BCUT2D eigenvalue weighted by molar-refractivity contribution is -0.128. The van der Waals surface area contributed by atoms with Gasteiger partial charge in [0.1, 0.15) is 6.61 Å². The van der Waals surface area contributed by atoms with Gasteiger partial charge in [-0.3, -0.25) is 4.79 Å². The first kappa shape index (κ1) is 13.9. The van der Waals surface area contributed by atoms with Crippen molar-refractivity contribution in [2.24, 2.45) is 16.7 Å². The summed E-state index contributed by atoms with van der Waals surface area (Å²) in [6.07, 6.45) is 3.80. The Hall–Kier alpha value is -0.570. The quantitative estimate of drug-likeness (QED) is 0.836. The van der Waals surface area contributed by atoms with Crippen molar-refractivity contribution in [1.82, 2.24) is 5.32 Å². The van der Waals surface area contributed by atoms with Gasteiger partial charge in [-0.15, -0.1) is 0 Å². The summed E-state index contributed by atoms with van der Waals surface area (Å²) in [4.78, 5) is 11.9. The van der Waals surface area contributed by atoms with E-state index in [1.807, 2.05) is 13.8 Å². The van der Waals surface area contributed by atoms with E-state index in [-0.39, 0.29) is 24.0 Å². The maximum Gasteiger partial charge on any atom is 0.246 e. The van der Waals surface area contributed by atoms with Gasteiger partial charge in [0.25, 0.3) is 0 Å². The predicted octanol–water partition coefficient (Wildman–Crippen LogP) is 2.74. The first-order chi connectivity index (χ1) is 8.27. The molecule has 0 aromatic heterocycles. The Bertz CT molecular complexity index is 337. The van der Waals surface area contributed by atoms with Crippen LogP contribution in [0.4, 0.5) is 0 Å². The molecule has 2 saturated carbocycles. The molecule has 3 unspecified atom stereocenters. The fourth-order valence-electron chi connectivity index (χ4n) is 3.90. The zero-order chi connectivity index (χ0) is 13.6. The Kier molecular flexibility index (Phi) is 3.48. The molecule has 2 aliphatic carbocycles. The summed E-state index contributed by atoms with van der Waals surface area (Å²) < 4.78 is 5.37. The fraction of sp³-hybridized carbons (Fsp3) is 0.933. The summed E-state index contributed by atoms with van der Waals surface area (Å²) in [5.41, 5.74) is 0.606. The van der Waals surface area contributed by atoms with Crippen LogP contribution < -0.4 is 5.32 Å². The molecule has 1 amide bonds. The average molecular weight is 253 g/mol. The van der Waals surface area contributed by atoms with E-state index in [0.717, 1.165) is 12.3 Å². The van der Waals surface area contributed by atoms with Gasteiger partial charge in [-0.25, -0.2) is 0 Å². The van der Waals surface area contributed by atoms with Crippen LogP contribution >= 0.6 is 0 Å².